The maximum atomic E-state index is 11.7. The normalized spacial score (nSPS) is 12.5. The molecule has 0 atom stereocenters. The topological polar surface area (TPSA) is 69.4 Å². The first-order valence-corrected chi connectivity index (χ1v) is 8.92. The molecule has 1 aromatic carbocycles. The van der Waals surface area contributed by atoms with E-state index in [1.807, 2.05) is 20.8 Å². The van der Waals surface area contributed by atoms with Gasteiger partial charge in [-0.1, -0.05) is 40.5 Å². The summed E-state index contributed by atoms with van der Waals surface area (Å²) in [5.74, 6) is 0.753. The summed E-state index contributed by atoms with van der Waals surface area (Å²) in [5, 5.41) is 5.29. The van der Waals surface area contributed by atoms with Gasteiger partial charge in [-0.15, -0.1) is 0 Å². The Kier molecular flexibility index (Phi) is 5.82. The van der Waals surface area contributed by atoms with Crippen molar-refractivity contribution in [3.05, 3.63) is 23.3 Å². The quantitative estimate of drug-likeness (QED) is 0.817. The van der Waals surface area contributed by atoms with Crippen LogP contribution < -0.4 is 9.88 Å². The molecule has 0 radical (unpaired) electrons. The minimum atomic E-state index is -3.72. The van der Waals surface area contributed by atoms with Crippen molar-refractivity contribution in [1.82, 2.24) is 0 Å². The summed E-state index contributed by atoms with van der Waals surface area (Å²) in [6.07, 6.45) is 3.26. The minimum Gasteiger partial charge on any atom is -0.493 e. The van der Waals surface area contributed by atoms with E-state index in [4.69, 9.17) is 9.88 Å². The molecule has 4 nitrogen and oxygen atoms in total. The van der Waals surface area contributed by atoms with Gasteiger partial charge in [0.25, 0.3) is 0 Å². The fourth-order valence-electron chi connectivity index (χ4n) is 2.21. The molecule has 0 heterocycles. The molecule has 0 saturated carbocycles. The molecule has 0 aliphatic rings. The molecule has 0 aromatic heterocycles. The Balaban J connectivity index is 3.21. The van der Waals surface area contributed by atoms with Crippen molar-refractivity contribution in [3.8, 4) is 5.75 Å². The summed E-state index contributed by atoms with van der Waals surface area (Å²) in [6, 6.07) is 3.44. The predicted octanol–water partition coefficient (Wildman–Crippen LogP) is 3.51. The van der Waals surface area contributed by atoms with Crippen LogP contribution in [-0.2, 0) is 15.4 Å². The van der Waals surface area contributed by atoms with Gasteiger partial charge in [0, 0.05) is 5.56 Å². The second-order valence-corrected chi connectivity index (χ2v) is 7.99. The third kappa shape index (κ3) is 5.00. The Labute approximate surface area is 128 Å². The zero-order chi connectivity index (χ0) is 16.3. The lowest BCUT2D eigenvalue weighted by Gasteiger charge is -2.24. The predicted molar refractivity (Wildman–Crippen MR) is 86.3 cm³/mol. The number of ether oxygens (including phenoxy) is 1. The van der Waals surface area contributed by atoms with Crippen molar-refractivity contribution >= 4 is 10.0 Å². The molecule has 0 saturated heterocycles. The van der Waals surface area contributed by atoms with Gasteiger partial charge >= 0.3 is 0 Å². The van der Waals surface area contributed by atoms with Gasteiger partial charge in [-0.3, -0.25) is 0 Å². The van der Waals surface area contributed by atoms with Crippen LogP contribution in [0.15, 0.2) is 17.0 Å². The van der Waals surface area contributed by atoms with Crippen molar-refractivity contribution in [1.29, 1.82) is 0 Å². The second-order valence-electron chi connectivity index (χ2n) is 6.46. The van der Waals surface area contributed by atoms with Gasteiger partial charge in [-0.2, -0.15) is 0 Å². The Morgan fingerprint density at radius 3 is 2.29 bits per heavy atom. The van der Waals surface area contributed by atoms with E-state index in [1.165, 1.54) is 0 Å². The summed E-state index contributed by atoms with van der Waals surface area (Å²) in [5.41, 5.74) is 1.28. The highest BCUT2D eigenvalue weighted by molar-refractivity contribution is 7.89. The van der Waals surface area contributed by atoms with Crippen molar-refractivity contribution in [2.75, 3.05) is 6.61 Å². The van der Waals surface area contributed by atoms with Crippen molar-refractivity contribution in [2.24, 2.45) is 5.14 Å². The first-order valence-electron chi connectivity index (χ1n) is 7.38. The Hall–Kier alpha value is -1.07. The number of hydrogen-bond donors (Lipinski definition) is 1. The van der Waals surface area contributed by atoms with Crippen molar-refractivity contribution in [3.63, 3.8) is 0 Å². The standard InChI is InChI=1S/C16H27NO3S/c1-6-7-8-9-20-14-10-12(2)15(21(17,18)19)11-13(14)16(3,4)5/h10-11H,6-9H2,1-5H3,(H2,17,18,19). The van der Waals surface area contributed by atoms with E-state index in [0.29, 0.717) is 12.2 Å². The first-order chi connectivity index (χ1) is 9.57. The van der Waals surface area contributed by atoms with Crippen LogP contribution in [0, 0.1) is 6.92 Å². The number of benzene rings is 1. The van der Waals surface area contributed by atoms with E-state index in [2.05, 4.69) is 6.92 Å². The highest BCUT2D eigenvalue weighted by atomic mass is 32.2. The highest BCUT2D eigenvalue weighted by Crippen LogP contribution is 2.35. The number of sulfonamides is 1. The van der Waals surface area contributed by atoms with Gasteiger partial charge in [0.05, 0.1) is 11.5 Å². The summed E-state index contributed by atoms with van der Waals surface area (Å²) < 4.78 is 29.2. The number of aryl methyl sites for hydroxylation is 1. The maximum Gasteiger partial charge on any atom is 0.238 e. The Morgan fingerprint density at radius 1 is 1.19 bits per heavy atom. The average Bonchev–Trinajstić information content (AvgIpc) is 2.31. The number of hydrogen-bond acceptors (Lipinski definition) is 3. The van der Waals surface area contributed by atoms with Crippen LogP contribution in [-0.4, -0.2) is 15.0 Å². The second kappa shape index (κ2) is 6.79. The van der Waals surface area contributed by atoms with Gasteiger partial charge in [-0.25, -0.2) is 13.6 Å². The van der Waals surface area contributed by atoms with Crippen LogP contribution in [0.2, 0.25) is 0 Å². The lowest BCUT2D eigenvalue weighted by Crippen LogP contribution is -2.19. The van der Waals surface area contributed by atoms with E-state index >= 15 is 0 Å². The van der Waals surface area contributed by atoms with E-state index in [1.54, 1.807) is 19.1 Å². The van der Waals surface area contributed by atoms with E-state index in [9.17, 15) is 8.42 Å². The zero-order valence-corrected chi connectivity index (χ0v) is 14.5. The van der Waals surface area contributed by atoms with Crippen LogP contribution in [0.3, 0.4) is 0 Å². The van der Waals surface area contributed by atoms with Crippen LogP contribution in [0.4, 0.5) is 0 Å². The van der Waals surface area contributed by atoms with Gasteiger partial charge in [0.2, 0.25) is 10.0 Å². The molecule has 1 rings (SSSR count). The maximum absolute atomic E-state index is 11.7. The third-order valence-corrected chi connectivity index (χ3v) is 4.45. The van der Waals surface area contributed by atoms with E-state index in [0.717, 1.165) is 30.6 Å². The van der Waals surface area contributed by atoms with Crippen molar-refractivity contribution in [2.45, 2.75) is 64.2 Å². The van der Waals surface area contributed by atoms with E-state index in [-0.39, 0.29) is 10.3 Å². The number of primary sulfonamides is 1. The van der Waals surface area contributed by atoms with Crippen molar-refractivity contribution < 1.29 is 13.2 Å². The molecule has 0 amide bonds. The SMILES string of the molecule is CCCCCOc1cc(C)c(S(N)(=O)=O)cc1C(C)(C)C. The lowest BCUT2D eigenvalue weighted by atomic mass is 9.86. The van der Waals surface area contributed by atoms with Crippen LogP contribution in [0.5, 0.6) is 5.75 Å². The first kappa shape index (κ1) is 18.0. The van der Waals surface area contributed by atoms with Crippen LogP contribution in [0.1, 0.15) is 58.1 Å². The molecule has 1 aromatic rings. The highest BCUT2D eigenvalue weighted by Gasteiger charge is 2.23. The monoisotopic (exact) mass is 313 g/mol. The van der Waals surface area contributed by atoms with Gasteiger partial charge in [0.15, 0.2) is 0 Å². The summed E-state index contributed by atoms with van der Waals surface area (Å²) in [4.78, 5) is 0.174. The third-order valence-electron chi connectivity index (χ3n) is 3.40. The molecule has 0 bridgehead atoms. The Morgan fingerprint density at radius 2 is 1.81 bits per heavy atom. The fraction of sp³-hybridized carbons (Fsp3) is 0.625. The zero-order valence-electron chi connectivity index (χ0n) is 13.7. The average molecular weight is 313 g/mol. The molecule has 5 heteroatoms. The summed E-state index contributed by atoms with van der Waals surface area (Å²) in [6.45, 7) is 10.6. The van der Waals surface area contributed by atoms with E-state index < -0.39 is 10.0 Å². The molecule has 0 spiro atoms. The number of unbranched alkanes of at least 4 members (excludes halogenated alkanes) is 2. The minimum absolute atomic E-state index is 0.174. The van der Waals surface area contributed by atoms with Gasteiger partial charge in [-0.05, 0) is 36.5 Å². The molecular formula is C16H27NO3S. The van der Waals surface area contributed by atoms with Gasteiger partial charge in [0.1, 0.15) is 5.75 Å². The lowest BCUT2D eigenvalue weighted by molar-refractivity contribution is 0.298. The smallest absolute Gasteiger partial charge is 0.238 e. The Bertz CT molecular complexity index is 586. The molecule has 120 valence electrons. The molecule has 0 unspecified atom stereocenters. The largest absolute Gasteiger partial charge is 0.493 e. The summed E-state index contributed by atoms with van der Waals surface area (Å²) in [7, 11) is -3.72. The summed E-state index contributed by atoms with van der Waals surface area (Å²) >= 11 is 0. The molecule has 0 fully saturated rings. The van der Waals surface area contributed by atoms with Crippen LogP contribution in [0.25, 0.3) is 0 Å². The molecule has 2 N–H and O–H groups in total. The number of rotatable bonds is 6. The number of nitrogens with two attached hydrogens (primary N) is 1. The van der Waals surface area contributed by atoms with Crippen LogP contribution >= 0.6 is 0 Å². The molecule has 0 aliphatic heterocycles. The fourth-order valence-corrected chi connectivity index (χ4v) is 3.00. The molecule has 0 aliphatic carbocycles. The molecule has 21 heavy (non-hydrogen) atoms. The molecular weight excluding hydrogens is 286 g/mol. The van der Waals surface area contributed by atoms with Gasteiger partial charge < -0.3 is 4.74 Å².